The average molecular weight is 269 g/mol. The van der Waals surface area contributed by atoms with Crippen molar-refractivity contribution < 1.29 is 4.79 Å². The molecule has 0 bridgehead atoms. The molecule has 4 unspecified atom stereocenters. The minimum atomic E-state index is 0.151. The van der Waals surface area contributed by atoms with E-state index in [0.717, 1.165) is 25.8 Å². The molecule has 1 amide bonds. The predicted molar refractivity (Wildman–Crippen MR) is 79.8 cm³/mol. The van der Waals surface area contributed by atoms with Gasteiger partial charge in [-0.05, 0) is 45.2 Å². The first-order valence-corrected chi connectivity index (χ1v) is 7.52. The van der Waals surface area contributed by atoms with Crippen molar-refractivity contribution in [3.63, 3.8) is 0 Å². The van der Waals surface area contributed by atoms with Crippen LogP contribution in [0.5, 0.6) is 0 Å². The van der Waals surface area contributed by atoms with Crippen LogP contribution in [0.15, 0.2) is 0 Å². The number of carbonyl (C=O) groups excluding carboxylic acids is 1. The lowest BCUT2D eigenvalue weighted by molar-refractivity contribution is -0.127. The van der Waals surface area contributed by atoms with Gasteiger partial charge >= 0.3 is 0 Å². The van der Waals surface area contributed by atoms with Crippen molar-refractivity contribution in [1.82, 2.24) is 10.2 Å². The van der Waals surface area contributed by atoms with Crippen molar-refractivity contribution >= 4 is 5.91 Å². The summed E-state index contributed by atoms with van der Waals surface area (Å²) in [5.41, 5.74) is 6.02. The molecule has 0 saturated heterocycles. The number of carbonyl (C=O) groups is 1. The molecular formula is C15H31N3O. The molecule has 0 radical (unpaired) electrons. The number of hydrogen-bond acceptors (Lipinski definition) is 3. The molecule has 1 fully saturated rings. The molecule has 3 N–H and O–H groups in total. The largest absolute Gasteiger partial charge is 0.352 e. The first-order chi connectivity index (χ1) is 8.81. The molecule has 1 rings (SSSR count). The molecule has 112 valence electrons. The summed E-state index contributed by atoms with van der Waals surface area (Å²) in [6, 6.07) is 0.500. The van der Waals surface area contributed by atoms with Crippen LogP contribution in [0.3, 0.4) is 0 Å². The maximum Gasteiger partial charge on any atom is 0.223 e. The summed E-state index contributed by atoms with van der Waals surface area (Å²) in [4.78, 5) is 14.5. The van der Waals surface area contributed by atoms with Crippen LogP contribution >= 0.6 is 0 Å². The zero-order chi connectivity index (χ0) is 14.6. The molecule has 4 heteroatoms. The van der Waals surface area contributed by atoms with E-state index in [1.807, 2.05) is 14.1 Å². The molecule has 19 heavy (non-hydrogen) atoms. The molecule has 0 aromatic rings. The van der Waals surface area contributed by atoms with Crippen LogP contribution in [0, 0.1) is 17.8 Å². The zero-order valence-corrected chi connectivity index (χ0v) is 13.1. The van der Waals surface area contributed by atoms with Crippen LogP contribution in [0.1, 0.15) is 40.0 Å². The number of rotatable bonds is 5. The van der Waals surface area contributed by atoms with E-state index >= 15 is 0 Å². The maximum atomic E-state index is 12.4. The fourth-order valence-electron chi connectivity index (χ4n) is 2.77. The molecule has 1 aliphatic rings. The second-order valence-electron chi connectivity index (χ2n) is 6.77. The van der Waals surface area contributed by atoms with E-state index < -0.39 is 0 Å². The lowest BCUT2D eigenvalue weighted by Gasteiger charge is -2.33. The van der Waals surface area contributed by atoms with E-state index in [2.05, 4.69) is 31.0 Å². The van der Waals surface area contributed by atoms with E-state index in [1.54, 1.807) is 0 Å². The minimum absolute atomic E-state index is 0.151. The van der Waals surface area contributed by atoms with Crippen molar-refractivity contribution in [2.45, 2.75) is 52.1 Å². The Bertz CT molecular complexity index is 291. The summed E-state index contributed by atoms with van der Waals surface area (Å²) in [7, 11) is 4.09. The van der Waals surface area contributed by atoms with Crippen LogP contribution in [0.2, 0.25) is 0 Å². The minimum Gasteiger partial charge on any atom is -0.352 e. The van der Waals surface area contributed by atoms with E-state index in [9.17, 15) is 4.79 Å². The second-order valence-corrected chi connectivity index (χ2v) is 6.77. The van der Waals surface area contributed by atoms with Gasteiger partial charge in [-0.15, -0.1) is 0 Å². The molecule has 1 aliphatic carbocycles. The van der Waals surface area contributed by atoms with Gasteiger partial charge in [0.2, 0.25) is 5.91 Å². The van der Waals surface area contributed by atoms with Crippen molar-refractivity contribution in [3.05, 3.63) is 0 Å². The number of nitrogens with one attached hydrogen (secondary N) is 1. The molecule has 0 spiro atoms. The second kappa shape index (κ2) is 7.25. The highest BCUT2D eigenvalue weighted by Crippen LogP contribution is 2.28. The quantitative estimate of drug-likeness (QED) is 0.794. The van der Waals surface area contributed by atoms with Gasteiger partial charge in [-0.25, -0.2) is 0 Å². The Hall–Kier alpha value is -0.610. The van der Waals surface area contributed by atoms with Crippen LogP contribution in [-0.4, -0.2) is 43.5 Å². The van der Waals surface area contributed by atoms with Gasteiger partial charge in [0, 0.05) is 24.5 Å². The standard InChI is InChI=1S/C15H31N3O/c1-10(2)14(9-18(4)5)17-15(19)12-6-7-13(16)11(3)8-12/h10-14H,6-9,16H2,1-5H3,(H,17,19). The van der Waals surface area contributed by atoms with Gasteiger partial charge in [0.1, 0.15) is 0 Å². The molecule has 0 aliphatic heterocycles. The Balaban J connectivity index is 2.52. The lowest BCUT2D eigenvalue weighted by Crippen LogP contribution is -2.48. The smallest absolute Gasteiger partial charge is 0.223 e. The monoisotopic (exact) mass is 269 g/mol. The molecule has 1 saturated carbocycles. The third kappa shape index (κ3) is 5.11. The number of likely N-dealkylation sites (N-methyl/N-ethyl adjacent to an activating group) is 1. The third-order valence-corrected chi connectivity index (χ3v) is 4.30. The number of amides is 1. The Morgan fingerprint density at radius 1 is 1.37 bits per heavy atom. The number of hydrogen-bond donors (Lipinski definition) is 2. The molecule has 4 atom stereocenters. The van der Waals surface area contributed by atoms with Gasteiger partial charge in [0.15, 0.2) is 0 Å². The highest BCUT2D eigenvalue weighted by molar-refractivity contribution is 5.79. The van der Waals surface area contributed by atoms with Crippen molar-refractivity contribution in [1.29, 1.82) is 0 Å². The molecule has 4 nitrogen and oxygen atoms in total. The van der Waals surface area contributed by atoms with E-state index in [-0.39, 0.29) is 23.9 Å². The van der Waals surface area contributed by atoms with E-state index in [0.29, 0.717) is 11.8 Å². The maximum absolute atomic E-state index is 12.4. The van der Waals surface area contributed by atoms with Crippen LogP contribution in [-0.2, 0) is 4.79 Å². The highest BCUT2D eigenvalue weighted by Gasteiger charge is 2.30. The van der Waals surface area contributed by atoms with Crippen LogP contribution in [0.25, 0.3) is 0 Å². The summed E-state index contributed by atoms with van der Waals surface area (Å²) in [5.74, 6) is 1.28. The number of nitrogens with two attached hydrogens (primary N) is 1. The van der Waals surface area contributed by atoms with Gasteiger partial charge in [0.05, 0.1) is 0 Å². The van der Waals surface area contributed by atoms with Crippen LogP contribution in [0.4, 0.5) is 0 Å². The lowest BCUT2D eigenvalue weighted by atomic mass is 9.79. The molecular weight excluding hydrogens is 238 g/mol. The van der Waals surface area contributed by atoms with Gasteiger partial charge in [0.25, 0.3) is 0 Å². The first-order valence-electron chi connectivity index (χ1n) is 7.52. The Morgan fingerprint density at radius 2 is 2.00 bits per heavy atom. The van der Waals surface area contributed by atoms with E-state index in [4.69, 9.17) is 5.73 Å². The SMILES string of the molecule is CC(C)C(CN(C)C)NC(=O)C1CCC(N)C(C)C1. The van der Waals surface area contributed by atoms with E-state index in [1.165, 1.54) is 0 Å². The van der Waals surface area contributed by atoms with Gasteiger partial charge in [-0.1, -0.05) is 20.8 Å². The third-order valence-electron chi connectivity index (χ3n) is 4.30. The number of nitrogens with zero attached hydrogens (tertiary/aromatic N) is 1. The average Bonchev–Trinajstić information content (AvgIpc) is 2.31. The summed E-state index contributed by atoms with van der Waals surface area (Å²) in [5, 5.41) is 3.23. The van der Waals surface area contributed by atoms with Gasteiger partial charge in [-0.3, -0.25) is 4.79 Å². The molecule has 0 aromatic heterocycles. The Morgan fingerprint density at radius 3 is 2.47 bits per heavy atom. The van der Waals surface area contributed by atoms with Gasteiger partial charge < -0.3 is 16.0 Å². The van der Waals surface area contributed by atoms with Crippen molar-refractivity contribution in [3.8, 4) is 0 Å². The fraction of sp³-hybridized carbons (Fsp3) is 0.933. The summed E-state index contributed by atoms with van der Waals surface area (Å²) < 4.78 is 0. The van der Waals surface area contributed by atoms with Crippen molar-refractivity contribution in [2.75, 3.05) is 20.6 Å². The molecule has 0 heterocycles. The highest BCUT2D eigenvalue weighted by atomic mass is 16.1. The zero-order valence-electron chi connectivity index (χ0n) is 13.1. The Kier molecular flexibility index (Phi) is 6.27. The normalized spacial score (nSPS) is 29.6. The topological polar surface area (TPSA) is 58.4 Å². The van der Waals surface area contributed by atoms with Crippen molar-refractivity contribution in [2.24, 2.45) is 23.5 Å². The fourth-order valence-corrected chi connectivity index (χ4v) is 2.77. The summed E-state index contributed by atoms with van der Waals surface area (Å²) >= 11 is 0. The van der Waals surface area contributed by atoms with Crippen LogP contribution < -0.4 is 11.1 Å². The predicted octanol–water partition coefficient (Wildman–Crippen LogP) is 1.45. The first kappa shape index (κ1) is 16.4. The summed E-state index contributed by atoms with van der Waals surface area (Å²) in [6.07, 6.45) is 2.84. The molecule has 0 aromatic carbocycles. The summed E-state index contributed by atoms with van der Waals surface area (Å²) in [6.45, 7) is 7.37. The van der Waals surface area contributed by atoms with Gasteiger partial charge in [-0.2, -0.15) is 0 Å². The Labute approximate surface area is 118 Å².